The highest BCUT2D eigenvalue weighted by Gasteiger charge is 2.55. The highest BCUT2D eigenvalue weighted by atomic mass is 16.7. The Morgan fingerprint density at radius 1 is 1.16 bits per heavy atom. The van der Waals surface area contributed by atoms with Gasteiger partial charge in [-0.3, -0.25) is 9.69 Å². The van der Waals surface area contributed by atoms with Gasteiger partial charge in [-0.25, -0.2) is 0 Å². The summed E-state index contributed by atoms with van der Waals surface area (Å²) in [6.45, 7) is 11.8. The van der Waals surface area contributed by atoms with Gasteiger partial charge in [0.15, 0.2) is 11.5 Å². The van der Waals surface area contributed by atoms with Crippen molar-refractivity contribution in [3.8, 4) is 11.5 Å². The van der Waals surface area contributed by atoms with Crippen molar-refractivity contribution in [1.29, 1.82) is 0 Å². The van der Waals surface area contributed by atoms with Gasteiger partial charge in [-0.15, -0.1) is 0 Å². The second-order valence-electron chi connectivity index (χ2n) is 10.7. The summed E-state index contributed by atoms with van der Waals surface area (Å²) in [7, 11) is 0. The van der Waals surface area contributed by atoms with Gasteiger partial charge in [0, 0.05) is 50.4 Å². The molecule has 5 aliphatic rings. The fourth-order valence-corrected chi connectivity index (χ4v) is 7.01. The highest BCUT2D eigenvalue weighted by Crippen LogP contribution is 2.57. The van der Waals surface area contributed by atoms with Gasteiger partial charge in [0.05, 0.1) is 5.92 Å². The highest BCUT2D eigenvalue weighted by molar-refractivity contribution is 5.75. The molecule has 32 heavy (non-hydrogen) atoms. The summed E-state index contributed by atoms with van der Waals surface area (Å²) < 4.78 is 16.9. The van der Waals surface area contributed by atoms with Crippen molar-refractivity contribution < 1.29 is 19.0 Å². The summed E-state index contributed by atoms with van der Waals surface area (Å²) in [6, 6.07) is 6.18. The molecule has 3 heterocycles. The molecule has 0 amide bonds. The number of hydrogen-bond donors (Lipinski definition) is 0. The van der Waals surface area contributed by atoms with Crippen molar-refractivity contribution in [3.63, 3.8) is 0 Å². The van der Waals surface area contributed by atoms with E-state index in [0.717, 1.165) is 63.5 Å². The molecule has 1 aromatic carbocycles. The van der Waals surface area contributed by atoms with Crippen LogP contribution in [0.25, 0.3) is 0 Å². The lowest BCUT2D eigenvalue weighted by molar-refractivity contribution is -0.146. The van der Waals surface area contributed by atoms with E-state index in [4.69, 9.17) is 14.2 Å². The van der Waals surface area contributed by atoms with E-state index in [9.17, 15) is 4.79 Å². The normalized spacial score (nSPS) is 36.6. The van der Waals surface area contributed by atoms with Crippen molar-refractivity contribution in [1.82, 2.24) is 4.90 Å². The third kappa shape index (κ3) is 3.38. The van der Waals surface area contributed by atoms with E-state index in [1.807, 2.05) is 6.07 Å². The van der Waals surface area contributed by atoms with Crippen LogP contribution >= 0.6 is 0 Å². The minimum absolute atomic E-state index is 0.0105. The number of carbonyl (C=O) groups excluding carboxylic acids is 1. The van der Waals surface area contributed by atoms with Crippen molar-refractivity contribution in [3.05, 3.63) is 30.4 Å². The number of carbonyl (C=O) groups is 1. The van der Waals surface area contributed by atoms with Crippen LogP contribution in [0.4, 0.5) is 5.69 Å². The molecule has 0 N–H and O–H groups in total. The minimum Gasteiger partial charge on any atom is -0.462 e. The zero-order chi connectivity index (χ0) is 21.9. The Morgan fingerprint density at radius 2 is 1.97 bits per heavy atom. The molecule has 0 unspecified atom stereocenters. The van der Waals surface area contributed by atoms with Gasteiger partial charge in [0.1, 0.15) is 6.10 Å². The summed E-state index contributed by atoms with van der Waals surface area (Å²) in [4.78, 5) is 17.7. The van der Waals surface area contributed by atoms with Crippen LogP contribution in [-0.2, 0) is 9.53 Å². The largest absolute Gasteiger partial charge is 0.462 e. The number of rotatable bonds is 3. The third-order valence-electron chi connectivity index (χ3n) is 8.87. The Kier molecular flexibility index (Phi) is 4.90. The van der Waals surface area contributed by atoms with Crippen molar-refractivity contribution in [2.75, 3.05) is 44.4 Å². The molecule has 0 bridgehead atoms. The lowest BCUT2D eigenvalue weighted by Crippen LogP contribution is -2.50. The van der Waals surface area contributed by atoms with Crippen LogP contribution in [0.3, 0.4) is 0 Å². The SMILES string of the molecule is C=C1CCC[C@]2(C)C[C@H]3OC(=O)[C@H](CN4CCN(c5ccc6c(c5)OCO6)CC4)[C@H]3C[C@@H]12. The molecule has 1 aromatic rings. The number of piperazine rings is 1. The van der Waals surface area contributed by atoms with E-state index in [0.29, 0.717) is 18.6 Å². The van der Waals surface area contributed by atoms with E-state index in [1.165, 1.54) is 24.1 Å². The monoisotopic (exact) mass is 438 g/mol. The fourth-order valence-electron chi connectivity index (χ4n) is 7.01. The number of benzene rings is 1. The molecule has 5 atom stereocenters. The minimum atomic E-state index is 0.0105. The number of anilines is 1. The van der Waals surface area contributed by atoms with E-state index in [2.05, 4.69) is 35.4 Å². The maximum atomic E-state index is 12.9. The van der Waals surface area contributed by atoms with Gasteiger partial charge in [-0.1, -0.05) is 19.1 Å². The smallest absolute Gasteiger partial charge is 0.310 e. The molecule has 0 aromatic heterocycles. The number of ether oxygens (including phenoxy) is 3. The number of hydrogen-bond acceptors (Lipinski definition) is 6. The van der Waals surface area contributed by atoms with Crippen LogP contribution in [-0.4, -0.2) is 56.5 Å². The van der Waals surface area contributed by atoms with Crippen molar-refractivity contribution >= 4 is 11.7 Å². The Bertz CT molecular complexity index is 924. The van der Waals surface area contributed by atoms with E-state index < -0.39 is 0 Å². The van der Waals surface area contributed by atoms with E-state index in [-0.39, 0.29) is 23.4 Å². The second kappa shape index (κ2) is 7.68. The van der Waals surface area contributed by atoms with Gasteiger partial charge in [-0.05, 0) is 55.6 Å². The fraction of sp³-hybridized carbons (Fsp3) is 0.654. The molecule has 6 heteroatoms. The average Bonchev–Trinajstić information content (AvgIpc) is 3.36. The van der Waals surface area contributed by atoms with E-state index >= 15 is 0 Å². The first-order chi connectivity index (χ1) is 15.5. The zero-order valence-corrected chi connectivity index (χ0v) is 19.1. The summed E-state index contributed by atoms with van der Waals surface area (Å²) in [5, 5.41) is 0. The number of fused-ring (bicyclic) bond motifs is 3. The van der Waals surface area contributed by atoms with Crippen LogP contribution in [0.2, 0.25) is 0 Å². The second-order valence-corrected chi connectivity index (χ2v) is 10.7. The van der Waals surface area contributed by atoms with Gasteiger partial charge in [-0.2, -0.15) is 0 Å². The Morgan fingerprint density at radius 3 is 2.81 bits per heavy atom. The molecule has 0 spiro atoms. The summed E-state index contributed by atoms with van der Waals surface area (Å²) in [5.74, 6) is 2.60. The summed E-state index contributed by atoms with van der Waals surface area (Å²) in [6.07, 6.45) is 5.82. The predicted molar refractivity (Wildman–Crippen MR) is 122 cm³/mol. The van der Waals surface area contributed by atoms with Crippen molar-refractivity contribution in [2.24, 2.45) is 23.2 Å². The first-order valence-electron chi connectivity index (χ1n) is 12.3. The lowest BCUT2D eigenvalue weighted by atomic mass is 9.55. The quantitative estimate of drug-likeness (QED) is 0.528. The molecular formula is C26H34N2O4. The molecule has 6 rings (SSSR count). The summed E-state index contributed by atoms with van der Waals surface area (Å²) in [5.41, 5.74) is 2.85. The molecule has 0 radical (unpaired) electrons. The molecule has 2 saturated carbocycles. The molecule has 172 valence electrons. The number of allylic oxidation sites excluding steroid dienone is 1. The summed E-state index contributed by atoms with van der Waals surface area (Å²) >= 11 is 0. The van der Waals surface area contributed by atoms with Crippen molar-refractivity contribution in [2.45, 2.75) is 45.1 Å². The molecule has 4 fully saturated rings. The average molecular weight is 439 g/mol. The molecule has 2 saturated heterocycles. The lowest BCUT2D eigenvalue weighted by Gasteiger charge is -2.50. The topological polar surface area (TPSA) is 51.2 Å². The zero-order valence-electron chi connectivity index (χ0n) is 19.1. The van der Waals surface area contributed by atoms with Crippen LogP contribution in [0.1, 0.15) is 39.0 Å². The van der Waals surface area contributed by atoms with E-state index in [1.54, 1.807) is 0 Å². The number of esters is 1. The Hall–Kier alpha value is -2.21. The maximum absolute atomic E-state index is 12.9. The van der Waals surface area contributed by atoms with Crippen LogP contribution in [0, 0.1) is 23.2 Å². The first-order valence-corrected chi connectivity index (χ1v) is 12.3. The van der Waals surface area contributed by atoms with Gasteiger partial charge >= 0.3 is 5.97 Å². The maximum Gasteiger partial charge on any atom is 0.310 e. The standard InChI is InChI=1S/C26H34N2O4/c1-17-4-3-7-26(2)14-24-19(13-21(17)26)20(25(29)32-24)15-27-8-10-28(11-9-27)18-5-6-22-23(12-18)31-16-30-22/h5-6,12,19-21,24H,1,3-4,7-11,13-16H2,2H3/t19-,20-,21+,24-,26-/m1/s1. The molecule has 3 aliphatic heterocycles. The molecule has 6 nitrogen and oxygen atoms in total. The Balaban J connectivity index is 1.09. The number of nitrogens with zero attached hydrogens (tertiary/aromatic N) is 2. The third-order valence-corrected chi connectivity index (χ3v) is 8.87. The van der Waals surface area contributed by atoms with Gasteiger partial charge in [0.25, 0.3) is 0 Å². The first kappa shape index (κ1) is 20.4. The van der Waals surface area contributed by atoms with Gasteiger partial charge < -0.3 is 19.1 Å². The van der Waals surface area contributed by atoms with Crippen LogP contribution in [0.5, 0.6) is 11.5 Å². The van der Waals surface area contributed by atoms with Gasteiger partial charge in [0.2, 0.25) is 6.79 Å². The Labute approximate surface area is 190 Å². The molecular weight excluding hydrogens is 404 g/mol. The van der Waals surface area contributed by atoms with Crippen LogP contribution in [0.15, 0.2) is 30.4 Å². The molecule has 2 aliphatic carbocycles. The predicted octanol–water partition coefficient (Wildman–Crippen LogP) is 3.85. The van der Waals surface area contributed by atoms with Crippen LogP contribution < -0.4 is 14.4 Å².